The van der Waals surface area contributed by atoms with Crippen LogP contribution in [0.3, 0.4) is 0 Å². The van der Waals surface area contributed by atoms with Crippen LogP contribution < -0.4 is 5.32 Å². The van der Waals surface area contributed by atoms with E-state index in [-0.39, 0.29) is 5.91 Å². The Hall–Kier alpha value is -3.20. The molecule has 0 aliphatic heterocycles. The molecular formula is C25H26N2O. The number of pyridine rings is 1. The minimum absolute atomic E-state index is 0.0206. The second kappa shape index (κ2) is 10.2. The zero-order chi connectivity index (χ0) is 19.6. The summed E-state index contributed by atoms with van der Waals surface area (Å²) in [6.07, 6.45) is 11.3. The van der Waals surface area contributed by atoms with Gasteiger partial charge in [-0.1, -0.05) is 79.3 Å². The lowest BCUT2D eigenvalue weighted by molar-refractivity contribution is -0.116. The highest BCUT2D eigenvalue weighted by Gasteiger charge is 2.07. The monoisotopic (exact) mass is 370 g/mol. The molecule has 0 aliphatic carbocycles. The number of anilines is 1. The average Bonchev–Trinajstić information content (AvgIpc) is 2.73. The van der Waals surface area contributed by atoms with Gasteiger partial charge < -0.3 is 5.32 Å². The Morgan fingerprint density at radius 2 is 1.82 bits per heavy atom. The highest BCUT2D eigenvalue weighted by Crippen LogP contribution is 2.21. The Morgan fingerprint density at radius 1 is 1.00 bits per heavy atom. The highest BCUT2D eigenvalue weighted by atomic mass is 16.1. The lowest BCUT2D eigenvalue weighted by Gasteiger charge is -2.09. The fraction of sp³-hybridized carbons (Fsp3) is 0.200. The lowest BCUT2D eigenvalue weighted by Crippen LogP contribution is -2.12. The number of hydrogen-bond acceptors (Lipinski definition) is 2. The van der Waals surface area contributed by atoms with E-state index >= 15 is 0 Å². The maximum atomic E-state index is 12.5. The number of allylic oxidation sites excluding steroid dienone is 3. The highest BCUT2D eigenvalue weighted by molar-refractivity contribution is 6.00. The molecule has 1 amide bonds. The molecule has 0 aliphatic rings. The van der Waals surface area contributed by atoms with E-state index in [1.807, 2.05) is 48.5 Å². The molecule has 0 unspecified atom stereocenters. The van der Waals surface area contributed by atoms with Crippen molar-refractivity contribution in [1.29, 1.82) is 0 Å². The molecule has 1 heterocycles. The number of hydrogen-bond donors (Lipinski definition) is 1. The molecule has 0 bridgehead atoms. The molecule has 0 radical (unpaired) electrons. The fourth-order valence-corrected chi connectivity index (χ4v) is 3.18. The van der Waals surface area contributed by atoms with Crippen LogP contribution in [0.4, 0.5) is 5.69 Å². The molecule has 0 spiro atoms. The predicted molar refractivity (Wildman–Crippen MR) is 118 cm³/mol. The molecule has 142 valence electrons. The standard InChI is InChI=1S/C25H26N2O/c1-2-9-20(12-6-13-21-10-4-3-5-11-21)17-18-24(28)27-23-16-7-14-22-15-8-19-26-25(22)23/h3-11,13-16,19H,2,12,17-18H2,1H3,(H,27,28)/b13-6+,20-9-. The van der Waals surface area contributed by atoms with E-state index in [0.29, 0.717) is 6.42 Å². The van der Waals surface area contributed by atoms with Gasteiger partial charge in [0, 0.05) is 18.0 Å². The van der Waals surface area contributed by atoms with Gasteiger partial charge in [0.15, 0.2) is 0 Å². The molecule has 3 heteroatoms. The molecule has 3 rings (SSSR count). The molecule has 2 aromatic carbocycles. The zero-order valence-electron chi connectivity index (χ0n) is 16.3. The van der Waals surface area contributed by atoms with Crippen molar-refractivity contribution in [2.24, 2.45) is 0 Å². The molecule has 0 fully saturated rings. The first-order chi connectivity index (χ1) is 13.8. The van der Waals surface area contributed by atoms with Crippen LogP contribution in [0.1, 0.15) is 38.2 Å². The van der Waals surface area contributed by atoms with Gasteiger partial charge in [-0.2, -0.15) is 0 Å². The van der Waals surface area contributed by atoms with Crippen LogP contribution in [0.2, 0.25) is 0 Å². The minimum Gasteiger partial charge on any atom is -0.324 e. The van der Waals surface area contributed by atoms with E-state index in [1.165, 1.54) is 11.1 Å². The third-order valence-corrected chi connectivity index (χ3v) is 4.56. The zero-order valence-corrected chi connectivity index (χ0v) is 16.3. The molecular weight excluding hydrogens is 344 g/mol. The van der Waals surface area contributed by atoms with E-state index in [4.69, 9.17) is 0 Å². The molecule has 1 aromatic heterocycles. The van der Waals surface area contributed by atoms with E-state index in [0.717, 1.165) is 35.9 Å². The molecule has 0 saturated carbocycles. The van der Waals surface area contributed by atoms with Crippen molar-refractivity contribution in [1.82, 2.24) is 4.98 Å². The van der Waals surface area contributed by atoms with Gasteiger partial charge in [-0.3, -0.25) is 9.78 Å². The van der Waals surface area contributed by atoms with Crippen LogP contribution in [0.5, 0.6) is 0 Å². The van der Waals surface area contributed by atoms with Crippen molar-refractivity contribution in [2.75, 3.05) is 5.32 Å². The van der Waals surface area contributed by atoms with Crippen molar-refractivity contribution >= 4 is 28.6 Å². The predicted octanol–water partition coefficient (Wildman–Crippen LogP) is 6.39. The normalized spacial score (nSPS) is 11.8. The second-order valence-electron chi connectivity index (χ2n) is 6.72. The molecule has 0 atom stereocenters. The maximum Gasteiger partial charge on any atom is 0.224 e. The number of para-hydroxylation sites is 1. The Balaban J connectivity index is 1.56. The van der Waals surface area contributed by atoms with Crippen molar-refractivity contribution in [3.05, 3.63) is 90.1 Å². The SMILES string of the molecule is CC/C=C(/C/C=C/c1ccccc1)CCC(=O)Nc1cccc2cccnc12. The molecule has 3 aromatic rings. The van der Waals surface area contributed by atoms with E-state index < -0.39 is 0 Å². The largest absolute Gasteiger partial charge is 0.324 e. The average molecular weight is 370 g/mol. The quantitative estimate of drug-likeness (QED) is 0.467. The number of nitrogens with zero attached hydrogens (tertiary/aromatic N) is 1. The second-order valence-corrected chi connectivity index (χ2v) is 6.72. The van der Waals surface area contributed by atoms with Gasteiger partial charge in [0.1, 0.15) is 0 Å². The van der Waals surface area contributed by atoms with Crippen molar-refractivity contribution in [3.63, 3.8) is 0 Å². The number of rotatable bonds is 8. The van der Waals surface area contributed by atoms with E-state index in [2.05, 4.69) is 47.6 Å². The number of amides is 1. The number of carbonyl (C=O) groups excluding carboxylic acids is 1. The van der Waals surface area contributed by atoms with Gasteiger partial charge in [-0.25, -0.2) is 0 Å². The summed E-state index contributed by atoms with van der Waals surface area (Å²) in [5.41, 5.74) is 4.09. The van der Waals surface area contributed by atoms with Crippen LogP contribution in [0, 0.1) is 0 Å². The van der Waals surface area contributed by atoms with Gasteiger partial charge in [0.2, 0.25) is 5.91 Å². The molecule has 28 heavy (non-hydrogen) atoms. The smallest absolute Gasteiger partial charge is 0.224 e. The Bertz CT molecular complexity index is 969. The van der Waals surface area contributed by atoms with Crippen molar-refractivity contribution in [3.8, 4) is 0 Å². The summed E-state index contributed by atoms with van der Waals surface area (Å²) in [4.78, 5) is 16.9. The van der Waals surface area contributed by atoms with Crippen LogP contribution >= 0.6 is 0 Å². The van der Waals surface area contributed by atoms with E-state index in [9.17, 15) is 4.79 Å². The topological polar surface area (TPSA) is 42.0 Å². The van der Waals surface area contributed by atoms with Gasteiger partial charge in [-0.15, -0.1) is 0 Å². The van der Waals surface area contributed by atoms with E-state index in [1.54, 1.807) is 6.20 Å². The Labute approximate surface area is 166 Å². The lowest BCUT2D eigenvalue weighted by atomic mass is 10.0. The first-order valence-corrected chi connectivity index (χ1v) is 9.79. The third kappa shape index (κ3) is 5.65. The minimum atomic E-state index is 0.0206. The number of nitrogens with one attached hydrogen (secondary N) is 1. The molecule has 1 N–H and O–H groups in total. The summed E-state index contributed by atoms with van der Waals surface area (Å²) in [5.74, 6) is 0.0206. The summed E-state index contributed by atoms with van der Waals surface area (Å²) >= 11 is 0. The summed E-state index contributed by atoms with van der Waals surface area (Å²) in [5, 5.41) is 4.04. The first kappa shape index (κ1) is 19.6. The molecule has 0 saturated heterocycles. The van der Waals surface area contributed by atoms with Gasteiger partial charge in [-0.05, 0) is 37.0 Å². The van der Waals surface area contributed by atoms with Gasteiger partial charge in [0.25, 0.3) is 0 Å². The number of benzene rings is 2. The summed E-state index contributed by atoms with van der Waals surface area (Å²) in [6, 6.07) is 20.0. The Kier molecular flexibility index (Phi) is 7.14. The van der Waals surface area contributed by atoms with Crippen LogP contribution in [0.15, 0.2) is 84.6 Å². The first-order valence-electron chi connectivity index (χ1n) is 9.79. The number of fused-ring (bicyclic) bond motifs is 1. The van der Waals surface area contributed by atoms with Gasteiger partial charge in [0.05, 0.1) is 11.2 Å². The molecule has 3 nitrogen and oxygen atoms in total. The maximum absolute atomic E-state index is 12.5. The van der Waals surface area contributed by atoms with Crippen LogP contribution in [-0.4, -0.2) is 10.9 Å². The van der Waals surface area contributed by atoms with Crippen LogP contribution in [0.25, 0.3) is 17.0 Å². The third-order valence-electron chi connectivity index (χ3n) is 4.56. The summed E-state index contributed by atoms with van der Waals surface area (Å²) in [6.45, 7) is 2.13. The fourth-order valence-electron chi connectivity index (χ4n) is 3.18. The number of aromatic nitrogens is 1. The number of carbonyl (C=O) groups is 1. The Morgan fingerprint density at radius 3 is 2.64 bits per heavy atom. The van der Waals surface area contributed by atoms with Crippen molar-refractivity contribution in [2.45, 2.75) is 32.6 Å². The summed E-state index contributed by atoms with van der Waals surface area (Å²) < 4.78 is 0. The summed E-state index contributed by atoms with van der Waals surface area (Å²) in [7, 11) is 0. The van der Waals surface area contributed by atoms with Crippen molar-refractivity contribution < 1.29 is 4.79 Å². The van der Waals surface area contributed by atoms with Crippen LogP contribution in [-0.2, 0) is 4.79 Å². The van der Waals surface area contributed by atoms with Gasteiger partial charge >= 0.3 is 0 Å².